The van der Waals surface area contributed by atoms with Crippen molar-refractivity contribution in [2.75, 3.05) is 0 Å². The summed E-state index contributed by atoms with van der Waals surface area (Å²) in [7, 11) is 0. The Kier molecular flexibility index (Phi) is 3.68. The predicted octanol–water partition coefficient (Wildman–Crippen LogP) is 3.29. The maximum atomic E-state index is 10.3. The van der Waals surface area contributed by atoms with Gasteiger partial charge in [-0.3, -0.25) is 0 Å². The van der Waals surface area contributed by atoms with Crippen LogP contribution in [0.3, 0.4) is 0 Å². The number of phenols is 1. The van der Waals surface area contributed by atoms with Gasteiger partial charge in [0.2, 0.25) is 0 Å². The van der Waals surface area contributed by atoms with Gasteiger partial charge in [-0.25, -0.2) is 0 Å². The minimum Gasteiger partial charge on any atom is -0.508 e. The zero-order valence-electron chi connectivity index (χ0n) is 10.7. The van der Waals surface area contributed by atoms with Crippen molar-refractivity contribution in [1.29, 1.82) is 0 Å². The van der Waals surface area contributed by atoms with Gasteiger partial charge in [0.1, 0.15) is 5.75 Å². The Morgan fingerprint density at radius 1 is 1.06 bits per heavy atom. The Morgan fingerprint density at radius 3 is 2.50 bits per heavy atom. The predicted molar refractivity (Wildman–Crippen MR) is 72.7 cm³/mol. The van der Waals surface area contributed by atoms with E-state index in [2.05, 4.69) is 0 Å². The highest BCUT2D eigenvalue weighted by molar-refractivity contribution is 5.36. The summed E-state index contributed by atoms with van der Waals surface area (Å²) in [6.45, 7) is 4.07. The number of hydrogen-bond acceptors (Lipinski definition) is 2. The van der Waals surface area contributed by atoms with Crippen LogP contribution in [0.15, 0.2) is 42.5 Å². The van der Waals surface area contributed by atoms with Crippen LogP contribution in [0.5, 0.6) is 5.75 Å². The van der Waals surface area contributed by atoms with Gasteiger partial charge in [0.25, 0.3) is 0 Å². The maximum absolute atomic E-state index is 10.3. The van der Waals surface area contributed by atoms with Crippen molar-refractivity contribution in [1.82, 2.24) is 0 Å². The molecule has 0 heterocycles. The second kappa shape index (κ2) is 5.23. The van der Waals surface area contributed by atoms with E-state index in [4.69, 9.17) is 0 Å². The normalized spacial score (nSPS) is 12.4. The fourth-order valence-electron chi connectivity index (χ4n) is 2.15. The Hall–Kier alpha value is -1.80. The second-order valence-corrected chi connectivity index (χ2v) is 4.68. The molecule has 1 atom stereocenters. The van der Waals surface area contributed by atoms with Gasteiger partial charge in [0.15, 0.2) is 0 Å². The van der Waals surface area contributed by atoms with E-state index in [9.17, 15) is 10.2 Å². The van der Waals surface area contributed by atoms with E-state index in [-0.39, 0.29) is 5.75 Å². The van der Waals surface area contributed by atoms with Crippen LogP contribution < -0.4 is 0 Å². The van der Waals surface area contributed by atoms with Gasteiger partial charge in [-0.15, -0.1) is 0 Å². The minimum atomic E-state index is -0.535. The van der Waals surface area contributed by atoms with E-state index in [0.717, 1.165) is 16.7 Å². The smallest absolute Gasteiger partial charge is 0.115 e. The van der Waals surface area contributed by atoms with E-state index in [1.165, 1.54) is 5.56 Å². The molecule has 0 saturated heterocycles. The number of hydrogen-bond donors (Lipinski definition) is 2. The third kappa shape index (κ3) is 2.71. The number of phenolic OH excluding ortho intramolecular Hbond substituents is 1. The fraction of sp³-hybridized carbons (Fsp3) is 0.250. The van der Waals surface area contributed by atoms with Crippen LogP contribution in [0, 0.1) is 13.8 Å². The SMILES string of the molecule is Cc1cccc(C(O)Cc2cccc(O)c2)c1C. The molecule has 18 heavy (non-hydrogen) atoms. The topological polar surface area (TPSA) is 40.5 Å². The molecule has 0 aliphatic rings. The van der Waals surface area contributed by atoms with Crippen molar-refractivity contribution in [3.05, 3.63) is 64.7 Å². The molecule has 1 unspecified atom stereocenters. The number of aliphatic hydroxyl groups is 1. The molecule has 2 N–H and O–H groups in total. The van der Waals surface area contributed by atoms with Gasteiger partial charge in [0, 0.05) is 6.42 Å². The average Bonchev–Trinajstić information content (AvgIpc) is 2.32. The molecule has 2 aromatic carbocycles. The van der Waals surface area contributed by atoms with Crippen molar-refractivity contribution in [3.63, 3.8) is 0 Å². The van der Waals surface area contributed by atoms with E-state index in [1.54, 1.807) is 18.2 Å². The number of rotatable bonds is 3. The summed E-state index contributed by atoms with van der Waals surface area (Å²) < 4.78 is 0. The van der Waals surface area contributed by atoms with E-state index >= 15 is 0 Å². The molecule has 0 bridgehead atoms. The lowest BCUT2D eigenvalue weighted by atomic mass is 9.95. The van der Waals surface area contributed by atoms with Gasteiger partial charge in [-0.05, 0) is 48.2 Å². The lowest BCUT2D eigenvalue weighted by Gasteiger charge is -2.15. The number of aromatic hydroxyl groups is 1. The van der Waals surface area contributed by atoms with Gasteiger partial charge >= 0.3 is 0 Å². The van der Waals surface area contributed by atoms with Gasteiger partial charge in [0.05, 0.1) is 6.10 Å². The Balaban J connectivity index is 2.22. The largest absolute Gasteiger partial charge is 0.508 e. The zero-order valence-corrected chi connectivity index (χ0v) is 10.7. The third-order valence-corrected chi connectivity index (χ3v) is 3.35. The molecular formula is C16H18O2. The van der Waals surface area contributed by atoms with E-state index in [1.807, 2.05) is 38.1 Å². The fourth-order valence-corrected chi connectivity index (χ4v) is 2.15. The van der Waals surface area contributed by atoms with Gasteiger partial charge in [-0.2, -0.15) is 0 Å². The monoisotopic (exact) mass is 242 g/mol. The van der Waals surface area contributed by atoms with Crippen LogP contribution in [-0.2, 0) is 6.42 Å². The van der Waals surface area contributed by atoms with Crippen molar-refractivity contribution in [2.24, 2.45) is 0 Å². The molecule has 2 aromatic rings. The molecule has 2 rings (SSSR count). The van der Waals surface area contributed by atoms with Crippen molar-refractivity contribution in [2.45, 2.75) is 26.4 Å². The highest BCUT2D eigenvalue weighted by Gasteiger charge is 2.12. The number of benzene rings is 2. The first-order chi connectivity index (χ1) is 8.58. The summed E-state index contributed by atoms with van der Waals surface area (Å²) >= 11 is 0. The Morgan fingerprint density at radius 2 is 1.78 bits per heavy atom. The summed E-state index contributed by atoms with van der Waals surface area (Å²) in [6, 6.07) is 13.0. The minimum absolute atomic E-state index is 0.237. The lowest BCUT2D eigenvalue weighted by molar-refractivity contribution is 0.177. The molecule has 2 nitrogen and oxygen atoms in total. The molecule has 0 spiro atoms. The quantitative estimate of drug-likeness (QED) is 0.867. The van der Waals surface area contributed by atoms with Crippen LogP contribution in [0.4, 0.5) is 0 Å². The van der Waals surface area contributed by atoms with E-state index < -0.39 is 6.10 Å². The molecule has 0 aromatic heterocycles. The number of aryl methyl sites for hydroxylation is 1. The molecule has 2 heteroatoms. The lowest BCUT2D eigenvalue weighted by Crippen LogP contribution is -2.04. The highest BCUT2D eigenvalue weighted by Crippen LogP contribution is 2.24. The van der Waals surface area contributed by atoms with Crippen molar-refractivity contribution in [3.8, 4) is 5.75 Å². The third-order valence-electron chi connectivity index (χ3n) is 3.35. The molecule has 94 valence electrons. The molecular weight excluding hydrogens is 224 g/mol. The van der Waals surface area contributed by atoms with Crippen LogP contribution in [0.25, 0.3) is 0 Å². The van der Waals surface area contributed by atoms with Gasteiger partial charge < -0.3 is 10.2 Å². The molecule has 0 amide bonds. The number of aliphatic hydroxyl groups excluding tert-OH is 1. The highest BCUT2D eigenvalue weighted by atomic mass is 16.3. The summed E-state index contributed by atoms with van der Waals surface area (Å²) in [5.74, 6) is 0.237. The summed E-state index contributed by atoms with van der Waals surface area (Å²) in [4.78, 5) is 0. The molecule has 0 saturated carbocycles. The first kappa shape index (κ1) is 12.7. The Bertz CT molecular complexity index is 547. The van der Waals surface area contributed by atoms with Crippen LogP contribution in [0.1, 0.15) is 28.4 Å². The van der Waals surface area contributed by atoms with E-state index in [0.29, 0.717) is 6.42 Å². The van der Waals surface area contributed by atoms with Crippen LogP contribution in [-0.4, -0.2) is 10.2 Å². The molecule has 0 radical (unpaired) electrons. The summed E-state index contributed by atoms with van der Waals surface area (Å²) in [5, 5.41) is 19.7. The first-order valence-corrected chi connectivity index (χ1v) is 6.10. The van der Waals surface area contributed by atoms with Gasteiger partial charge in [-0.1, -0.05) is 30.3 Å². The molecule has 0 fully saturated rings. The molecule has 0 aliphatic carbocycles. The van der Waals surface area contributed by atoms with Crippen molar-refractivity contribution >= 4 is 0 Å². The maximum Gasteiger partial charge on any atom is 0.115 e. The van der Waals surface area contributed by atoms with Crippen molar-refractivity contribution < 1.29 is 10.2 Å². The van der Waals surface area contributed by atoms with Crippen LogP contribution in [0.2, 0.25) is 0 Å². The summed E-state index contributed by atoms with van der Waals surface area (Å²) in [5.41, 5.74) is 4.20. The summed E-state index contributed by atoms with van der Waals surface area (Å²) in [6.07, 6.45) is -0.0229. The zero-order chi connectivity index (χ0) is 13.1. The second-order valence-electron chi connectivity index (χ2n) is 4.68. The first-order valence-electron chi connectivity index (χ1n) is 6.10. The van der Waals surface area contributed by atoms with Crippen LogP contribution >= 0.6 is 0 Å². The standard InChI is InChI=1S/C16H18O2/c1-11-5-3-8-15(12(11)2)16(18)10-13-6-4-7-14(17)9-13/h3-9,16-18H,10H2,1-2H3. The Labute approximate surface area is 108 Å². The average molecular weight is 242 g/mol. The molecule has 0 aliphatic heterocycles.